The summed E-state index contributed by atoms with van der Waals surface area (Å²) in [5, 5.41) is 4.11. The molecular weight excluding hydrogens is 376 g/mol. The van der Waals surface area contributed by atoms with Gasteiger partial charge in [-0.1, -0.05) is 5.16 Å². The van der Waals surface area contributed by atoms with Crippen molar-refractivity contribution < 1.29 is 23.5 Å². The number of benzene rings is 1. The number of hydrogen-bond donors (Lipinski definition) is 0. The highest BCUT2D eigenvalue weighted by Gasteiger charge is 2.31. The molecule has 2 aromatic rings. The van der Waals surface area contributed by atoms with Gasteiger partial charge in [0.05, 0.1) is 27.4 Å². The highest BCUT2D eigenvalue weighted by molar-refractivity contribution is 5.79. The summed E-state index contributed by atoms with van der Waals surface area (Å²) in [5.41, 5.74) is 0.787. The van der Waals surface area contributed by atoms with Gasteiger partial charge in [-0.05, 0) is 31.0 Å². The van der Waals surface area contributed by atoms with Gasteiger partial charge in [0.25, 0.3) is 0 Å². The Hall–Kier alpha value is -2.81. The summed E-state index contributed by atoms with van der Waals surface area (Å²) < 4.78 is 21.4. The molecule has 2 saturated heterocycles. The van der Waals surface area contributed by atoms with Crippen LogP contribution in [0.15, 0.2) is 22.7 Å². The summed E-state index contributed by atoms with van der Waals surface area (Å²) in [6.07, 6.45) is 1.56. The van der Waals surface area contributed by atoms with Gasteiger partial charge in [-0.2, -0.15) is 4.98 Å². The molecule has 1 aromatic carbocycles. The summed E-state index contributed by atoms with van der Waals surface area (Å²) in [6.45, 7) is 4.08. The van der Waals surface area contributed by atoms with Gasteiger partial charge in [-0.15, -0.1) is 0 Å². The molecule has 1 aromatic heterocycles. The van der Waals surface area contributed by atoms with Crippen molar-refractivity contribution in [3.8, 4) is 22.9 Å². The minimum atomic E-state index is 0.0533. The van der Waals surface area contributed by atoms with Crippen LogP contribution < -0.4 is 14.4 Å². The SMILES string of the molecule is COc1ccc(-c2noc(N3CCC(C(=O)N4CCOCC4)CC3)n2)cc1OC. The van der Waals surface area contributed by atoms with Crippen molar-refractivity contribution in [1.29, 1.82) is 0 Å². The van der Waals surface area contributed by atoms with E-state index < -0.39 is 0 Å². The molecule has 0 atom stereocenters. The monoisotopic (exact) mass is 402 g/mol. The second-order valence-corrected chi connectivity index (χ2v) is 7.17. The second-order valence-electron chi connectivity index (χ2n) is 7.17. The molecule has 0 spiro atoms. The van der Waals surface area contributed by atoms with Crippen molar-refractivity contribution in [3.63, 3.8) is 0 Å². The molecule has 2 aliphatic rings. The number of carbonyl (C=O) groups excluding carboxylic acids is 1. The van der Waals surface area contributed by atoms with Crippen LogP contribution in [-0.2, 0) is 9.53 Å². The van der Waals surface area contributed by atoms with Crippen LogP contribution >= 0.6 is 0 Å². The number of methoxy groups -OCH3 is 2. The fraction of sp³-hybridized carbons (Fsp3) is 0.550. The Kier molecular flexibility index (Phi) is 5.84. The molecule has 0 saturated carbocycles. The topological polar surface area (TPSA) is 90.2 Å². The van der Waals surface area contributed by atoms with Gasteiger partial charge >= 0.3 is 6.01 Å². The Morgan fingerprint density at radius 1 is 1.07 bits per heavy atom. The highest BCUT2D eigenvalue weighted by atomic mass is 16.5. The zero-order valence-electron chi connectivity index (χ0n) is 16.8. The molecule has 9 nitrogen and oxygen atoms in total. The predicted octanol–water partition coefficient (Wildman–Crippen LogP) is 1.83. The first-order chi connectivity index (χ1) is 14.2. The average molecular weight is 402 g/mol. The third-order valence-electron chi connectivity index (χ3n) is 5.49. The van der Waals surface area contributed by atoms with Crippen LogP contribution in [-0.4, -0.2) is 74.6 Å². The third kappa shape index (κ3) is 4.14. The van der Waals surface area contributed by atoms with Crippen LogP contribution in [0.5, 0.6) is 11.5 Å². The second kappa shape index (κ2) is 8.69. The normalized spacial score (nSPS) is 18.0. The minimum absolute atomic E-state index is 0.0533. The van der Waals surface area contributed by atoms with Crippen LogP contribution in [0.25, 0.3) is 11.4 Å². The van der Waals surface area contributed by atoms with E-state index in [1.165, 1.54) is 0 Å². The lowest BCUT2D eigenvalue weighted by Gasteiger charge is -2.34. The van der Waals surface area contributed by atoms with Crippen molar-refractivity contribution in [1.82, 2.24) is 15.0 Å². The van der Waals surface area contributed by atoms with Crippen LogP contribution in [0.1, 0.15) is 12.8 Å². The fourth-order valence-electron chi connectivity index (χ4n) is 3.80. The van der Waals surface area contributed by atoms with Gasteiger partial charge in [0.1, 0.15) is 0 Å². The zero-order chi connectivity index (χ0) is 20.2. The fourth-order valence-corrected chi connectivity index (χ4v) is 3.80. The summed E-state index contributed by atoms with van der Waals surface area (Å²) in [7, 11) is 3.18. The van der Waals surface area contributed by atoms with E-state index in [9.17, 15) is 4.79 Å². The van der Waals surface area contributed by atoms with Crippen LogP contribution in [0.4, 0.5) is 6.01 Å². The lowest BCUT2D eigenvalue weighted by atomic mass is 9.95. The van der Waals surface area contributed by atoms with E-state index in [4.69, 9.17) is 18.7 Å². The molecule has 0 radical (unpaired) electrons. The van der Waals surface area contributed by atoms with E-state index in [-0.39, 0.29) is 11.8 Å². The summed E-state index contributed by atoms with van der Waals surface area (Å²) in [6, 6.07) is 5.98. The Bertz CT molecular complexity index is 841. The molecule has 0 aliphatic carbocycles. The molecule has 4 rings (SSSR count). The molecule has 29 heavy (non-hydrogen) atoms. The van der Waals surface area contributed by atoms with Crippen LogP contribution in [0.2, 0.25) is 0 Å². The number of nitrogens with zero attached hydrogens (tertiary/aromatic N) is 4. The van der Waals surface area contributed by atoms with E-state index >= 15 is 0 Å². The number of carbonyl (C=O) groups is 1. The summed E-state index contributed by atoms with van der Waals surface area (Å²) in [4.78, 5) is 21.2. The van der Waals surface area contributed by atoms with Gasteiger partial charge in [-0.3, -0.25) is 4.79 Å². The van der Waals surface area contributed by atoms with Crippen molar-refractivity contribution in [3.05, 3.63) is 18.2 Å². The lowest BCUT2D eigenvalue weighted by Crippen LogP contribution is -2.46. The maximum absolute atomic E-state index is 12.7. The molecular formula is C20H26N4O5. The maximum Gasteiger partial charge on any atom is 0.324 e. The number of morpholine rings is 1. The number of hydrogen-bond acceptors (Lipinski definition) is 8. The summed E-state index contributed by atoms with van der Waals surface area (Å²) in [5.74, 6) is 2.04. The number of anilines is 1. The number of ether oxygens (including phenoxy) is 3. The number of rotatable bonds is 5. The Balaban J connectivity index is 1.39. The van der Waals surface area contributed by atoms with E-state index in [2.05, 4.69) is 10.1 Å². The summed E-state index contributed by atoms with van der Waals surface area (Å²) >= 11 is 0. The molecule has 0 bridgehead atoms. The number of amides is 1. The van der Waals surface area contributed by atoms with Crippen LogP contribution in [0.3, 0.4) is 0 Å². The first-order valence-electron chi connectivity index (χ1n) is 9.87. The number of aromatic nitrogens is 2. The lowest BCUT2D eigenvalue weighted by molar-refractivity contribution is -0.140. The molecule has 156 valence electrons. The molecule has 0 unspecified atom stereocenters. The molecule has 1 amide bonds. The van der Waals surface area contributed by atoms with Crippen molar-refractivity contribution >= 4 is 11.9 Å². The van der Waals surface area contributed by atoms with Crippen molar-refractivity contribution in [2.75, 3.05) is 58.5 Å². The quantitative estimate of drug-likeness (QED) is 0.748. The van der Waals surface area contributed by atoms with E-state index in [1.54, 1.807) is 14.2 Å². The standard InChI is InChI=1S/C20H26N4O5/c1-26-16-4-3-15(13-17(16)27-2)18-21-20(29-22-18)24-7-5-14(6-8-24)19(25)23-9-11-28-12-10-23/h3-4,13-14H,5-12H2,1-2H3. The van der Waals surface area contributed by atoms with Gasteiger partial charge in [0.2, 0.25) is 11.7 Å². The first-order valence-corrected chi connectivity index (χ1v) is 9.87. The van der Waals surface area contributed by atoms with Crippen LogP contribution in [0, 0.1) is 5.92 Å². The molecule has 0 N–H and O–H groups in total. The van der Waals surface area contributed by atoms with E-state index in [0.29, 0.717) is 62.7 Å². The Morgan fingerprint density at radius 2 is 1.79 bits per heavy atom. The maximum atomic E-state index is 12.7. The van der Waals surface area contributed by atoms with Gasteiger partial charge in [0, 0.05) is 37.7 Å². The molecule has 2 fully saturated rings. The molecule has 2 aliphatic heterocycles. The highest BCUT2D eigenvalue weighted by Crippen LogP contribution is 2.32. The zero-order valence-corrected chi connectivity index (χ0v) is 16.8. The van der Waals surface area contributed by atoms with Crippen molar-refractivity contribution in [2.24, 2.45) is 5.92 Å². The number of piperidine rings is 1. The van der Waals surface area contributed by atoms with Crippen molar-refractivity contribution in [2.45, 2.75) is 12.8 Å². The molecule has 9 heteroatoms. The minimum Gasteiger partial charge on any atom is -0.493 e. The van der Waals surface area contributed by atoms with Gasteiger partial charge in [0.15, 0.2) is 11.5 Å². The predicted molar refractivity (Wildman–Crippen MR) is 105 cm³/mol. The van der Waals surface area contributed by atoms with E-state index in [0.717, 1.165) is 18.4 Å². The molecule has 3 heterocycles. The van der Waals surface area contributed by atoms with Gasteiger partial charge in [-0.25, -0.2) is 0 Å². The Morgan fingerprint density at radius 3 is 2.48 bits per heavy atom. The van der Waals surface area contributed by atoms with Gasteiger partial charge < -0.3 is 28.5 Å². The largest absolute Gasteiger partial charge is 0.493 e. The Labute approximate surface area is 169 Å². The van der Waals surface area contributed by atoms with E-state index in [1.807, 2.05) is 28.0 Å². The first kappa shape index (κ1) is 19.5. The smallest absolute Gasteiger partial charge is 0.324 e. The third-order valence-corrected chi connectivity index (χ3v) is 5.49. The average Bonchev–Trinajstić information content (AvgIpc) is 3.29.